The first-order chi connectivity index (χ1) is 18.1. The average Bonchev–Trinajstić information content (AvgIpc) is 3.54. The fraction of sp³-hybridized carbons (Fsp3) is 0.444. The van der Waals surface area contributed by atoms with Crippen LogP contribution in [-0.4, -0.2) is 75.2 Å². The zero-order valence-corrected chi connectivity index (χ0v) is 21.9. The second kappa shape index (κ2) is 10.3. The molecule has 0 saturated carbocycles. The fourth-order valence-electron chi connectivity index (χ4n) is 5.67. The SMILES string of the molecule is Cn1cc(Nc2nc3c(N4CCC(CCN5CCOCC5)(c5ccc(Cl)cc5)CC4)cccn3n2)cn1. The van der Waals surface area contributed by atoms with Gasteiger partial charge >= 0.3 is 0 Å². The van der Waals surface area contributed by atoms with Crippen LogP contribution in [0.4, 0.5) is 17.3 Å². The van der Waals surface area contributed by atoms with Gasteiger partial charge < -0.3 is 15.0 Å². The van der Waals surface area contributed by atoms with Crippen LogP contribution in [0, 0.1) is 0 Å². The van der Waals surface area contributed by atoms with Crippen LogP contribution in [0.3, 0.4) is 0 Å². The number of nitrogens with one attached hydrogen (secondary N) is 1. The zero-order chi connectivity index (χ0) is 25.2. The van der Waals surface area contributed by atoms with Crippen molar-refractivity contribution in [3.8, 4) is 0 Å². The Kier molecular flexibility index (Phi) is 6.75. The molecule has 0 radical (unpaired) electrons. The van der Waals surface area contributed by atoms with Crippen LogP contribution < -0.4 is 10.2 Å². The lowest BCUT2D eigenvalue weighted by molar-refractivity contribution is 0.0334. The standard InChI is InChI=1S/C27H33ClN8O/c1-33-20-23(19-29-33)30-26-31-25-24(3-2-11-36(25)32-26)35-13-9-27(10-14-35,21-4-6-22(28)7-5-21)8-12-34-15-17-37-18-16-34/h2-7,11,19-20H,8-10,12-18H2,1H3,(H,30,32). The van der Waals surface area contributed by atoms with Gasteiger partial charge in [-0.15, -0.1) is 5.10 Å². The van der Waals surface area contributed by atoms with Gasteiger partial charge in [-0.1, -0.05) is 23.7 Å². The number of hydrogen-bond donors (Lipinski definition) is 1. The molecule has 10 heteroatoms. The fourth-order valence-corrected chi connectivity index (χ4v) is 5.79. The van der Waals surface area contributed by atoms with Crippen molar-refractivity contribution in [2.24, 2.45) is 7.05 Å². The number of benzene rings is 1. The van der Waals surface area contributed by atoms with Gasteiger partial charge in [-0.05, 0) is 61.1 Å². The lowest BCUT2D eigenvalue weighted by Crippen LogP contribution is -2.46. The van der Waals surface area contributed by atoms with Gasteiger partial charge in [-0.3, -0.25) is 9.58 Å². The molecule has 1 aromatic carbocycles. The maximum Gasteiger partial charge on any atom is 0.247 e. The Morgan fingerprint density at radius 1 is 1.05 bits per heavy atom. The first-order valence-electron chi connectivity index (χ1n) is 13.0. The summed E-state index contributed by atoms with van der Waals surface area (Å²) < 4.78 is 9.17. The molecule has 0 amide bonds. The van der Waals surface area contributed by atoms with Crippen molar-refractivity contribution >= 4 is 34.6 Å². The van der Waals surface area contributed by atoms with Crippen molar-refractivity contribution in [3.05, 3.63) is 65.6 Å². The van der Waals surface area contributed by atoms with E-state index in [0.717, 1.165) is 87.2 Å². The molecule has 4 aromatic rings. The predicted octanol–water partition coefficient (Wildman–Crippen LogP) is 4.12. The van der Waals surface area contributed by atoms with E-state index in [4.69, 9.17) is 21.3 Å². The second-order valence-electron chi connectivity index (χ2n) is 10.1. The van der Waals surface area contributed by atoms with Crippen molar-refractivity contribution in [2.45, 2.75) is 24.7 Å². The molecule has 0 spiro atoms. The number of aryl methyl sites for hydroxylation is 1. The maximum absolute atomic E-state index is 6.25. The summed E-state index contributed by atoms with van der Waals surface area (Å²) in [5.74, 6) is 0.568. The molecule has 1 N–H and O–H groups in total. The molecular weight excluding hydrogens is 488 g/mol. The molecule has 2 aliphatic rings. The summed E-state index contributed by atoms with van der Waals surface area (Å²) in [5, 5.41) is 12.9. The molecular formula is C27H33ClN8O. The number of pyridine rings is 1. The van der Waals surface area contributed by atoms with Gasteiger partial charge in [0, 0.05) is 50.6 Å². The maximum atomic E-state index is 6.25. The van der Waals surface area contributed by atoms with E-state index in [2.05, 4.69) is 43.5 Å². The molecule has 2 aliphatic heterocycles. The van der Waals surface area contributed by atoms with E-state index in [1.807, 2.05) is 42.2 Å². The van der Waals surface area contributed by atoms with Gasteiger partial charge in [0.25, 0.3) is 0 Å². The number of halogens is 1. The normalized spacial score (nSPS) is 18.4. The minimum absolute atomic E-state index is 0.130. The Balaban J connectivity index is 1.21. The topological polar surface area (TPSA) is 75.8 Å². The first-order valence-corrected chi connectivity index (χ1v) is 13.4. The number of ether oxygens (including phenoxy) is 1. The second-order valence-corrected chi connectivity index (χ2v) is 10.5. The smallest absolute Gasteiger partial charge is 0.247 e. The third-order valence-corrected chi connectivity index (χ3v) is 8.08. The lowest BCUT2D eigenvalue weighted by Gasteiger charge is -2.44. The summed E-state index contributed by atoms with van der Waals surface area (Å²) >= 11 is 6.25. The third-order valence-electron chi connectivity index (χ3n) is 7.83. The number of piperidine rings is 1. The quantitative estimate of drug-likeness (QED) is 0.393. The minimum Gasteiger partial charge on any atom is -0.379 e. The molecule has 37 heavy (non-hydrogen) atoms. The molecule has 5 heterocycles. The molecule has 3 aromatic heterocycles. The highest BCUT2D eigenvalue weighted by molar-refractivity contribution is 6.30. The number of fused-ring (bicyclic) bond motifs is 1. The van der Waals surface area contributed by atoms with Crippen LogP contribution in [0.1, 0.15) is 24.8 Å². The molecule has 0 unspecified atom stereocenters. The number of morpholine rings is 1. The number of rotatable bonds is 7. The van der Waals surface area contributed by atoms with Gasteiger partial charge in [-0.2, -0.15) is 10.1 Å². The monoisotopic (exact) mass is 520 g/mol. The van der Waals surface area contributed by atoms with E-state index < -0.39 is 0 Å². The summed E-state index contributed by atoms with van der Waals surface area (Å²) in [7, 11) is 1.89. The molecule has 0 atom stereocenters. The Morgan fingerprint density at radius 3 is 2.57 bits per heavy atom. The highest BCUT2D eigenvalue weighted by Gasteiger charge is 2.37. The molecule has 2 saturated heterocycles. The van der Waals surface area contributed by atoms with E-state index in [1.165, 1.54) is 5.56 Å². The first kappa shape index (κ1) is 24.2. The summed E-state index contributed by atoms with van der Waals surface area (Å²) in [6.45, 7) is 6.73. The number of nitrogens with zero attached hydrogens (tertiary/aromatic N) is 7. The van der Waals surface area contributed by atoms with Crippen molar-refractivity contribution in [3.63, 3.8) is 0 Å². The average molecular weight is 521 g/mol. The zero-order valence-electron chi connectivity index (χ0n) is 21.2. The Hall–Kier alpha value is -3.14. The lowest BCUT2D eigenvalue weighted by atomic mass is 9.70. The summed E-state index contributed by atoms with van der Waals surface area (Å²) in [6, 6.07) is 12.7. The highest BCUT2D eigenvalue weighted by atomic mass is 35.5. The van der Waals surface area contributed by atoms with Crippen LogP contribution in [0.5, 0.6) is 0 Å². The van der Waals surface area contributed by atoms with Gasteiger partial charge in [-0.25, -0.2) is 4.52 Å². The van der Waals surface area contributed by atoms with Crippen molar-refractivity contribution in [1.82, 2.24) is 29.3 Å². The van der Waals surface area contributed by atoms with E-state index in [9.17, 15) is 0 Å². The molecule has 9 nitrogen and oxygen atoms in total. The van der Waals surface area contributed by atoms with Gasteiger partial charge in [0.1, 0.15) is 0 Å². The molecule has 0 bridgehead atoms. The van der Waals surface area contributed by atoms with E-state index in [1.54, 1.807) is 10.9 Å². The Labute approximate surface area is 222 Å². The van der Waals surface area contributed by atoms with Crippen molar-refractivity contribution in [1.29, 1.82) is 0 Å². The number of aromatic nitrogens is 5. The number of anilines is 3. The van der Waals surface area contributed by atoms with Crippen molar-refractivity contribution in [2.75, 3.05) is 56.2 Å². The van der Waals surface area contributed by atoms with Crippen LogP contribution in [0.25, 0.3) is 5.65 Å². The third kappa shape index (κ3) is 5.16. The highest BCUT2D eigenvalue weighted by Crippen LogP contribution is 2.41. The van der Waals surface area contributed by atoms with Gasteiger partial charge in [0.15, 0.2) is 5.65 Å². The summed E-state index contributed by atoms with van der Waals surface area (Å²) in [6.07, 6.45) is 8.92. The molecule has 194 valence electrons. The summed E-state index contributed by atoms with van der Waals surface area (Å²) in [5.41, 5.74) is 4.37. The molecule has 6 rings (SSSR count). The van der Waals surface area contributed by atoms with Gasteiger partial charge in [0.2, 0.25) is 5.95 Å². The van der Waals surface area contributed by atoms with E-state index in [0.29, 0.717) is 5.95 Å². The van der Waals surface area contributed by atoms with Crippen LogP contribution >= 0.6 is 11.6 Å². The molecule has 2 fully saturated rings. The van der Waals surface area contributed by atoms with E-state index >= 15 is 0 Å². The van der Waals surface area contributed by atoms with Crippen LogP contribution in [-0.2, 0) is 17.2 Å². The summed E-state index contributed by atoms with van der Waals surface area (Å²) in [4.78, 5) is 9.83. The Morgan fingerprint density at radius 2 is 1.84 bits per heavy atom. The predicted molar refractivity (Wildman–Crippen MR) is 146 cm³/mol. The van der Waals surface area contributed by atoms with E-state index in [-0.39, 0.29) is 5.41 Å². The Bertz CT molecular complexity index is 1340. The van der Waals surface area contributed by atoms with Crippen LogP contribution in [0.15, 0.2) is 55.0 Å². The van der Waals surface area contributed by atoms with Gasteiger partial charge in [0.05, 0.1) is 30.8 Å². The number of hydrogen-bond acceptors (Lipinski definition) is 7. The van der Waals surface area contributed by atoms with Crippen LogP contribution in [0.2, 0.25) is 5.02 Å². The van der Waals surface area contributed by atoms with Crippen molar-refractivity contribution < 1.29 is 4.74 Å². The molecule has 0 aliphatic carbocycles. The minimum atomic E-state index is 0.130. The largest absolute Gasteiger partial charge is 0.379 e.